The molecular weight excluding hydrogens is 601 g/mol. The Morgan fingerprint density at radius 2 is 0.720 bits per heavy atom. The van der Waals surface area contributed by atoms with Gasteiger partial charge in [-0.1, -0.05) is 35.8 Å². The summed E-state index contributed by atoms with van der Waals surface area (Å²) in [6, 6.07) is 13.4. The van der Waals surface area contributed by atoms with Crippen molar-refractivity contribution >= 4 is 0 Å². The van der Waals surface area contributed by atoms with Crippen molar-refractivity contribution in [2.75, 3.05) is 0 Å². The van der Waals surface area contributed by atoms with Crippen molar-refractivity contribution in [3.63, 3.8) is 0 Å². The van der Waals surface area contributed by atoms with E-state index in [2.05, 4.69) is 60.1 Å². The Kier molecular flexibility index (Phi) is 5.92. The molecule has 50 heavy (non-hydrogen) atoms. The third kappa shape index (κ3) is 3.75. The quantitative estimate of drug-likeness (QED) is 0.288. The van der Waals surface area contributed by atoms with Crippen LogP contribution in [0, 0.1) is 107 Å². The van der Waals surface area contributed by atoms with Gasteiger partial charge in [-0.2, -0.15) is 0 Å². The Balaban J connectivity index is 1.01. The van der Waals surface area contributed by atoms with Gasteiger partial charge < -0.3 is 0 Å². The minimum atomic E-state index is 0.232. The number of hydrogen-bond donors (Lipinski definition) is 0. The van der Waals surface area contributed by atoms with Crippen molar-refractivity contribution in [3.05, 3.63) is 69.8 Å². The fourth-order valence-electron chi connectivity index (χ4n) is 18.3. The summed E-state index contributed by atoms with van der Waals surface area (Å²) >= 11 is 0. The lowest BCUT2D eigenvalue weighted by Gasteiger charge is -2.78. The zero-order valence-electron chi connectivity index (χ0n) is 30.0. The fourth-order valence-corrected chi connectivity index (χ4v) is 18.3. The Morgan fingerprint density at radius 3 is 1.04 bits per heavy atom. The number of hydrogen-bond acceptors (Lipinski definition) is 0. The molecule has 0 heterocycles. The molecule has 252 valence electrons. The van der Waals surface area contributed by atoms with Gasteiger partial charge in [0.05, 0.1) is 0 Å². The Labute approximate surface area is 301 Å². The summed E-state index contributed by atoms with van der Waals surface area (Å²) in [7, 11) is 0. The molecule has 0 nitrogen and oxygen atoms in total. The molecule has 0 heteroatoms. The third-order valence-electron chi connectivity index (χ3n) is 18.3. The first-order valence-electron chi connectivity index (χ1n) is 20.3. The molecule has 0 aliphatic heterocycles. The van der Waals surface area contributed by atoms with Gasteiger partial charge in [0.1, 0.15) is 0 Å². The van der Waals surface area contributed by atoms with E-state index in [4.69, 9.17) is 25.7 Å². The van der Waals surface area contributed by atoms with Crippen molar-refractivity contribution in [2.24, 2.45) is 57.2 Å². The molecule has 0 radical (unpaired) electrons. The zero-order chi connectivity index (χ0) is 33.7. The second-order valence-electron chi connectivity index (χ2n) is 20.7. The molecule has 4 unspecified atom stereocenters. The van der Waals surface area contributed by atoms with Crippen LogP contribution >= 0.6 is 0 Å². The van der Waals surface area contributed by atoms with E-state index in [9.17, 15) is 0 Å². The summed E-state index contributed by atoms with van der Waals surface area (Å²) in [5, 5.41) is 0. The molecule has 12 bridgehead atoms. The highest BCUT2D eigenvalue weighted by atomic mass is 14.8. The fraction of sp³-hybridized carbons (Fsp3) is 0.600. The van der Waals surface area contributed by atoms with Gasteiger partial charge in [0, 0.05) is 22.3 Å². The molecule has 12 aliphatic rings. The third-order valence-corrected chi connectivity index (χ3v) is 18.3. The van der Waals surface area contributed by atoms with Crippen LogP contribution in [0.3, 0.4) is 0 Å². The predicted octanol–water partition coefficient (Wildman–Crippen LogP) is 10.6. The minimum absolute atomic E-state index is 0.232. The maximum Gasteiger partial charge on any atom is 0.0292 e. The first-order chi connectivity index (χ1) is 24.2. The van der Waals surface area contributed by atoms with Crippen molar-refractivity contribution in [1.82, 2.24) is 0 Å². The zero-order valence-corrected chi connectivity index (χ0v) is 30.0. The summed E-state index contributed by atoms with van der Waals surface area (Å²) in [6.45, 7) is 0. The van der Waals surface area contributed by atoms with Crippen LogP contribution in [0.4, 0.5) is 0 Å². The molecule has 14 rings (SSSR count). The van der Waals surface area contributed by atoms with E-state index in [1.807, 2.05) is 0 Å². The van der Waals surface area contributed by atoms with E-state index in [1.54, 1.807) is 0 Å². The molecule has 4 atom stereocenters. The van der Waals surface area contributed by atoms with Gasteiger partial charge in [0.2, 0.25) is 0 Å². The molecule has 0 aromatic heterocycles. The van der Waals surface area contributed by atoms with E-state index >= 15 is 0 Å². The average molecular weight is 653 g/mol. The molecule has 2 aromatic carbocycles. The second-order valence-corrected chi connectivity index (χ2v) is 20.7. The first kappa shape index (κ1) is 30.3. The summed E-state index contributed by atoms with van der Waals surface area (Å²) in [5.41, 5.74) is 9.38. The van der Waals surface area contributed by atoms with Crippen LogP contribution in [0.25, 0.3) is 0 Å². The lowest BCUT2D eigenvalue weighted by atomic mass is 9.26. The highest BCUT2D eigenvalue weighted by Gasteiger charge is 2.74. The molecule has 12 aliphatic carbocycles. The molecule has 0 saturated heterocycles. The minimum Gasteiger partial charge on any atom is -0.115 e. The summed E-state index contributed by atoms with van der Waals surface area (Å²) in [5.74, 6) is 17.3. The molecule has 12 saturated carbocycles. The summed E-state index contributed by atoms with van der Waals surface area (Å²) in [6.07, 6.45) is 50.4. The van der Waals surface area contributed by atoms with Crippen LogP contribution in [-0.2, 0) is 10.8 Å². The SMILES string of the molecule is C#Cc1ccc(C23CC4CC(C2)CC(C25CC6CC(C2)CC(C27CC8CC(CC(c9ccc(C#C)cc9C#C)(C8)C2)C7)(C6)C5)(C4)C3)c(C#C)c1. The van der Waals surface area contributed by atoms with Crippen LogP contribution in [0.15, 0.2) is 36.4 Å². The van der Waals surface area contributed by atoms with Gasteiger partial charge in [-0.3, -0.25) is 0 Å². The van der Waals surface area contributed by atoms with Gasteiger partial charge in [-0.25, -0.2) is 0 Å². The van der Waals surface area contributed by atoms with Crippen molar-refractivity contribution in [1.29, 1.82) is 0 Å². The van der Waals surface area contributed by atoms with E-state index in [0.29, 0.717) is 21.7 Å². The van der Waals surface area contributed by atoms with Crippen LogP contribution in [0.1, 0.15) is 149 Å². The number of benzene rings is 2. The molecule has 0 N–H and O–H groups in total. The van der Waals surface area contributed by atoms with Crippen LogP contribution in [-0.4, -0.2) is 0 Å². The Morgan fingerprint density at radius 1 is 0.400 bits per heavy atom. The molecular formula is C50H52. The van der Waals surface area contributed by atoms with Gasteiger partial charge in [0.15, 0.2) is 0 Å². The maximum absolute atomic E-state index is 6.28. The van der Waals surface area contributed by atoms with Crippen LogP contribution in [0.5, 0.6) is 0 Å². The predicted molar refractivity (Wildman–Crippen MR) is 202 cm³/mol. The van der Waals surface area contributed by atoms with E-state index in [1.165, 1.54) is 127 Å². The molecule has 0 spiro atoms. The van der Waals surface area contributed by atoms with Crippen molar-refractivity contribution < 1.29 is 0 Å². The first-order valence-corrected chi connectivity index (χ1v) is 20.3. The largest absolute Gasteiger partial charge is 0.115 e. The smallest absolute Gasteiger partial charge is 0.0292 e. The van der Waals surface area contributed by atoms with Crippen LogP contribution in [0.2, 0.25) is 0 Å². The highest BCUT2D eigenvalue weighted by Crippen LogP contribution is 2.84. The summed E-state index contributed by atoms with van der Waals surface area (Å²) < 4.78 is 0. The van der Waals surface area contributed by atoms with E-state index in [0.717, 1.165) is 57.8 Å². The van der Waals surface area contributed by atoms with Gasteiger partial charge in [-0.15, -0.1) is 25.7 Å². The average Bonchev–Trinajstić information content (AvgIpc) is 3.09. The number of terminal acetylenes is 4. The normalized spacial score (nSPS) is 48.2. The van der Waals surface area contributed by atoms with E-state index in [-0.39, 0.29) is 10.8 Å². The van der Waals surface area contributed by atoms with E-state index < -0.39 is 0 Å². The monoisotopic (exact) mass is 652 g/mol. The standard InChI is InChI=1S/C50H52/c1-5-33-9-11-43(41(7-3)16-33)45-18-35-13-36(19-45)23-47(22-35,30-45)49-26-39-15-40(27-49)29-50(28-39,32-49)48-24-37-14-38(25-48)21-46(20-37,31-48)44-12-10-34(6-2)17-42(44)8-4/h1-4,9-12,16-17,35-40H,13-15,18-32H2. The van der Waals surface area contributed by atoms with Gasteiger partial charge >= 0.3 is 0 Å². The molecule has 2 aromatic rings. The Hall–Kier alpha value is -3.32. The van der Waals surface area contributed by atoms with Crippen LogP contribution < -0.4 is 0 Å². The lowest BCUT2D eigenvalue weighted by Crippen LogP contribution is -2.69. The second kappa shape index (κ2) is 9.76. The molecule has 0 amide bonds. The topological polar surface area (TPSA) is 0 Å². The van der Waals surface area contributed by atoms with Crippen molar-refractivity contribution in [3.8, 4) is 49.4 Å². The summed E-state index contributed by atoms with van der Waals surface area (Å²) in [4.78, 5) is 0. The Bertz CT molecular complexity index is 1820. The maximum atomic E-state index is 6.28. The van der Waals surface area contributed by atoms with Crippen molar-refractivity contribution in [2.45, 2.75) is 126 Å². The van der Waals surface area contributed by atoms with Gasteiger partial charge in [-0.05, 0) is 219 Å². The molecule has 12 fully saturated rings. The lowest BCUT2D eigenvalue weighted by molar-refractivity contribution is -0.272. The van der Waals surface area contributed by atoms with Gasteiger partial charge in [0.25, 0.3) is 0 Å². The highest BCUT2D eigenvalue weighted by molar-refractivity contribution is 5.53. The number of rotatable bonds is 4.